The van der Waals surface area contributed by atoms with Crippen LogP contribution >= 0.6 is 0 Å². The summed E-state index contributed by atoms with van der Waals surface area (Å²) in [6.45, 7) is 3.46. The zero-order chi connectivity index (χ0) is 15.1. The fourth-order valence-electron chi connectivity index (χ4n) is 4.63. The number of halogens is 1. The Labute approximate surface area is 130 Å². The van der Waals surface area contributed by atoms with Crippen LogP contribution in [0.1, 0.15) is 19.3 Å². The number of piperazine rings is 1. The van der Waals surface area contributed by atoms with Gasteiger partial charge in [-0.3, -0.25) is 4.90 Å². The summed E-state index contributed by atoms with van der Waals surface area (Å²) >= 11 is 0. The Morgan fingerprint density at radius 1 is 1.09 bits per heavy atom. The third-order valence-corrected chi connectivity index (χ3v) is 5.66. The molecule has 2 bridgehead atoms. The Balaban J connectivity index is 1.45. The molecule has 1 aromatic rings. The Bertz CT molecular complexity index is 583. The molecule has 118 valence electrons. The highest BCUT2D eigenvalue weighted by atomic mass is 19.1. The Hall–Kier alpha value is -1.62. The molecular weight excluding hydrogens is 281 g/mol. The second-order valence-electron chi connectivity index (χ2n) is 6.71. The Morgan fingerprint density at radius 2 is 1.86 bits per heavy atom. The first-order valence-electron chi connectivity index (χ1n) is 8.23. The molecule has 2 aliphatic carbocycles. The first kappa shape index (κ1) is 14.0. The normalized spacial score (nSPS) is 33.8. The molecule has 1 heterocycles. The Kier molecular flexibility index (Phi) is 3.53. The van der Waals surface area contributed by atoms with Crippen molar-refractivity contribution in [2.24, 2.45) is 17.0 Å². The number of rotatable bonds is 2. The van der Waals surface area contributed by atoms with Crippen molar-refractivity contribution in [2.45, 2.75) is 25.3 Å². The van der Waals surface area contributed by atoms with E-state index in [9.17, 15) is 9.60 Å². The van der Waals surface area contributed by atoms with Crippen LogP contribution in [0.2, 0.25) is 0 Å². The molecule has 0 aromatic heterocycles. The molecule has 4 nitrogen and oxygen atoms in total. The maximum absolute atomic E-state index is 13.9. The molecule has 2 saturated carbocycles. The highest BCUT2D eigenvalue weighted by molar-refractivity contribution is 5.94. The second-order valence-corrected chi connectivity index (χ2v) is 6.71. The number of hydrogen-bond donors (Lipinski definition) is 1. The lowest BCUT2D eigenvalue weighted by molar-refractivity contribution is 0.181. The topological polar surface area (TPSA) is 39.1 Å². The molecule has 1 aliphatic heterocycles. The molecule has 3 atom stereocenters. The lowest BCUT2D eigenvalue weighted by Gasteiger charge is -2.41. The lowest BCUT2D eigenvalue weighted by Crippen LogP contribution is -2.54. The standard InChI is InChI=1S/C17H22FN3O/c18-14-3-1-2-4-15(14)20-7-9-21(10-8-20)17-13-6-5-12(11-13)16(17)19-22/h1-4,12-13,17,22H,5-11H2/b19-16-/t12-,13+,17+/m0/s1. The molecule has 1 aromatic carbocycles. The molecule has 22 heavy (non-hydrogen) atoms. The van der Waals surface area contributed by atoms with Crippen LogP contribution in [0.25, 0.3) is 0 Å². The van der Waals surface area contributed by atoms with E-state index in [4.69, 9.17) is 0 Å². The van der Waals surface area contributed by atoms with E-state index in [1.165, 1.54) is 25.3 Å². The highest BCUT2D eigenvalue weighted by Crippen LogP contribution is 2.45. The maximum atomic E-state index is 13.9. The zero-order valence-corrected chi connectivity index (χ0v) is 12.7. The molecule has 3 fully saturated rings. The minimum Gasteiger partial charge on any atom is -0.411 e. The van der Waals surface area contributed by atoms with E-state index in [0.717, 1.165) is 31.9 Å². The van der Waals surface area contributed by atoms with E-state index in [-0.39, 0.29) is 5.82 Å². The summed E-state index contributed by atoms with van der Waals surface area (Å²) in [4.78, 5) is 4.56. The van der Waals surface area contributed by atoms with Crippen LogP contribution in [0.4, 0.5) is 10.1 Å². The lowest BCUT2D eigenvalue weighted by atomic mass is 9.91. The average Bonchev–Trinajstić information content (AvgIpc) is 3.16. The van der Waals surface area contributed by atoms with Gasteiger partial charge in [0.05, 0.1) is 17.4 Å². The van der Waals surface area contributed by atoms with E-state index >= 15 is 0 Å². The van der Waals surface area contributed by atoms with Crippen molar-refractivity contribution >= 4 is 11.4 Å². The van der Waals surface area contributed by atoms with Crippen molar-refractivity contribution in [3.63, 3.8) is 0 Å². The van der Waals surface area contributed by atoms with Gasteiger partial charge >= 0.3 is 0 Å². The fourth-order valence-corrected chi connectivity index (χ4v) is 4.63. The molecule has 0 amide bonds. The first-order chi connectivity index (χ1) is 10.8. The number of para-hydroxylation sites is 1. The van der Waals surface area contributed by atoms with E-state index in [1.807, 2.05) is 12.1 Å². The molecule has 0 unspecified atom stereocenters. The van der Waals surface area contributed by atoms with E-state index < -0.39 is 0 Å². The number of hydrogen-bond acceptors (Lipinski definition) is 4. The molecular formula is C17H22FN3O. The van der Waals surface area contributed by atoms with Crippen LogP contribution in [0, 0.1) is 17.7 Å². The zero-order valence-electron chi connectivity index (χ0n) is 12.7. The smallest absolute Gasteiger partial charge is 0.146 e. The van der Waals surface area contributed by atoms with Gasteiger partial charge in [0.2, 0.25) is 0 Å². The minimum absolute atomic E-state index is 0.145. The number of fused-ring (bicyclic) bond motifs is 2. The first-order valence-corrected chi connectivity index (χ1v) is 8.23. The number of anilines is 1. The summed E-state index contributed by atoms with van der Waals surface area (Å²) < 4.78 is 13.9. The van der Waals surface area contributed by atoms with Crippen LogP contribution in [0.3, 0.4) is 0 Å². The van der Waals surface area contributed by atoms with Crippen molar-refractivity contribution in [2.75, 3.05) is 31.1 Å². The van der Waals surface area contributed by atoms with Crippen molar-refractivity contribution < 1.29 is 9.60 Å². The monoisotopic (exact) mass is 303 g/mol. The van der Waals surface area contributed by atoms with Gasteiger partial charge in [0.15, 0.2) is 0 Å². The van der Waals surface area contributed by atoms with Crippen molar-refractivity contribution in [3.05, 3.63) is 30.1 Å². The SMILES string of the molecule is O/N=C1/[C@H]2CC[C@H](C2)[C@H]1N1CCN(c2ccccc2F)CC1. The molecule has 4 rings (SSSR count). The second kappa shape index (κ2) is 5.54. The summed E-state index contributed by atoms with van der Waals surface area (Å²) in [7, 11) is 0. The van der Waals surface area contributed by atoms with Crippen molar-refractivity contribution in [1.82, 2.24) is 4.90 Å². The average molecular weight is 303 g/mol. The van der Waals surface area contributed by atoms with Crippen LogP contribution < -0.4 is 4.90 Å². The molecule has 5 heteroatoms. The number of nitrogens with zero attached hydrogens (tertiary/aromatic N) is 3. The van der Waals surface area contributed by atoms with Crippen LogP contribution in [0.5, 0.6) is 0 Å². The molecule has 0 radical (unpaired) electrons. The highest BCUT2D eigenvalue weighted by Gasteiger charge is 2.48. The fraction of sp³-hybridized carbons (Fsp3) is 0.588. The number of oxime groups is 1. The predicted molar refractivity (Wildman–Crippen MR) is 84.0 cm³/mol. The summed E-state index contributed by atoms with van der Waals surface area (Å²) in [5.41, 5.74) is 1.70. The third-order valence-electron chi connectivity index (χ3n) is 5.66. The van der Waals surface area contributed by atoms with Gasteiger partial charge in [-0.1, -0.05) is 17.3 Å². The van der Waals surface area contributed by atoms with Gasteiger partial charge in [-0.25, -0.2) is 4.39 Å². The van der Waals surface area contributed by atoms with Gasteiger partial charge in [0.25, 0.3) is 0 Å². The molecule has 1 N–H and O–H groups in total. The third kappa shape index (κ3) is 2.19. The van der Waals surface area contributed by atoms with Gasteiger partial charge in [-0.2, -0.15) is 0 Å². The van der Waals surface area contributed by atoms with Crippen molar-refractivity contribution in [3.8, 4) is 0 Å². The summed E-state index contributed by atoms with van der Waals surface area (Å²) in [5, 5.41) is 13.0. The van der Waals surface area contributed by atoms with E-state index in [0.29, 0.717) is 23.6 Å². The largest absolute Gasteiger partial charge is 0.411 e. The molecule has 3 aliphatic rings. The van der Waals surface area contributed by atoms with Crippen molar-refractivity contribution in [1.29, 1.82) is 0 Å². The Morgan fingerprint density at radius 3 is 2.59 bits per heavy atom. The van der Waals surface area contributed by atoms with Gasteiger partial charge in [-0.15, -0.1) is 0 Å². The maximum Gasteiger partial charge on any atom is 0.146 e. The number of benzene rings is 1. The van der Waals surface area contributed by atoms with Crippen LogP contribution in [0.15, 0.2) is 29.4 Å². The van der Waals surface area contributed by atoms with Gasteiger partial charge in [0, 0.05) is 32.1 Å². The van der Waals surface area contributed by atoms with E-state index in [1.54, 1.807) is 6.07 Å². The van der Waals surface area contributed by atoms with Gasteiger partial charge in [-0.05, 0) is 37.3 Å². The van der Waals surface area contributed by atoms with Gasteiger partial charge in [0.1, 0.15) is 5.82 Å². The quantitative estimate of drug-likeness (QED) is 0.674. The molecule has 1 saturated heterocycles. The molecule has 0 spiro atoms. The van der Waals surface area contributed by atoms with Crippen LogP contribution in [-0.4, -0.2) is 48.0 Å². The van der Waals surface area contributed by atoms with Crippen LogP contribution in [-0.2, 0) is 0 Å². The predicted octanol–water partition coefficient (Wildman–Crippen LogP) is 2.58. The summed E-state index contributed by atoms with van der Waals surface area (Å²) in [5.74, 6) is 0.994. The summed E-state index contributed by atoms with van der Waals surface area (Å²) in [6.07, 6.45) is 3.61. The van der Waals surface area contributed by atoms with E-state index in [2.05, 4.69) is 15.0 Å². The summed E-state index contributed by atoms with van der Waals surface area (Å²) in [6, 6.07) is 7.30. The van der Waals surface area contributed by atoms with Gasteiger partial charge < -0.3 is 10.1 Å². The minimum atomic E-state index is -0.145.